The Morgan fingerprint density at radius 1 is 0.971 bits per heavy atom. The third-order valence-electron chi connectivity index (χ3n) is 5.62. The normalized spacial score (nSPS) is 14.9. The van der Waals surface area contributed by atoms with Crippen LogP contribution in [0.15, 0.2) is 72.0 Å². The third kappa shape index (κ3) is 4.32. The molecule has 174 valence electrons. The van der Waals surface area contributed by atoms with Gasteiger partial charge in [-0.15, -0.1) is 5.10 Å². The Balaban J connectivity index is 1.18. The number of hydrogen-bond acceptors (Lipinski definition) is 8. The Bertz CT molecular complexity index is 1400. The predicted octanol–water partition coefficient (Wildman–Crippen LogP) is 1.12. The summed E-state index contributed by atoms with van der Waals surface area (Å²) in [7, 11) is -3.73. The Morgan fingerprint density at radius 3 is 2.47 bits per heavy atom. The van der Waals surface area contributed by atoms with Crippen LogP contribution in [0.2, 0.25) is 0 Å². The molecule has 0 spiro atoms. The maximum Gasteiger partial charge on any atom is 0.260 e. The number of benzene rings is 2. The van der Waals surface area contributed by atoms with Crippen molar-refractivity contribution in [1.82, 2.24) is 34.4 Å². The minimum absolute atomic E-state index is 0.135. The summed E-state index contributed by atoms with van der Waals surface area (Å²) < 4.78 is 35.0. The Labute approximate surface area is 195 Å². The SMILES string of the molecule is O=C(COc1ccc(-n2cnnn2)cc1)N1CCN(S(=O)(=O)c2cccc3cccnc23)CC1. The number of ether oxygens (including phenoxy) is 1. The number of aromatic nitrogens is 5. The van der Waals surface area contributed by atoms with Gasteiger partial charge in [0.1, 0.15) is 17.0 Å². The van der Waals surface area contributed by atoms with Crippen molar-refractivity contribution in [1.29, 1.82) is 0 Å². The Morgan fingerprint density at radius 2 is 1.74 bits per heavy atom. The lowest BCUT2D eigenvalue weighted by molar-refractivity contribution is -0.134. The first-order valence-electron chi connectivity index (χ1n) is 10.6. The molecule has 0 saturated carbocycles. The smallest absolute Gasteiger partial charge is 0.260 e. The second-order valence-corrected chi connectivity index (χ2v) is 9.56. The van der Waals surface area contributed by atoms with Crippen molar-refractivity contribution in [2.45, 2.75) is 4.90 Å². The number of hydrogen-bond donors (Lipinski definition) is 0. The van der Waals surface area contributed by atoms with E-state index in [0.717, 1.165) is 11.1 Å². The van der Waals surface area contributed by atoms with Gasteiger partial charge in [0.25, 0.3) is 5.91 Å². The van der Waals surface area contributed by atoms with Crippen molar-refractivity contribution in [2.75, 3.05) is 32.8 Å². The van der Waals surface area contributed by atoms with Gasteiger partial charge in [-0.25, -0.2) is 13.1 Å². The van der Waals surface area contributed by atoms with Crippen molar-refractivity contribution >= 4 is 26.8 Å². The van der Waals surface area contributed by atoms with Gasteiger partial charge in [0, 0.05) is 37.8 Å². The molecule has 4 aromatic rings. The quantitative estimate of drug-likeness (QED) is 0.403. The zero-order valence-electron chi connectivity index (χ0n) is 18.1. The summed E-state index contributed by atoms with van der Waals surface area (Å²) in [5.41, 5.74) is 1.21. The average molecular weight is 480 g/mol. The van der Waals surface area contributed by atoms with Crippen LogP contribution >= 0.6 is 0 Å². The molecule has 0 bridgehead atoms. The number of nitrogens with zero attached hydrogens (tertiary/aromatic N) is 7. The monoisotopic (exact) mass is 479 g/mol. The van der Waals surface area contributed by atoms with E-state index in [9.17, 15) is 13.2 Å². The van der Waals surface area contributed by atoms with E-state index in [-0.39, 0.29) is 43.6 Å². The maximum absolute atomic E-state index is 13.2. The number of carbonyl (C=O) groups excluding carboxylic acids is 1. The van der Waals surface area contributed by atoms with Gasteiger partial charge in [0.15, 0.2) is 6.61 Å². The summed E-state index contributed by atoms with van der Waals surface area (Å²) >= 11 is 0. The van der Waals surface area contributed by atoms with Crippen molar-refractivity contribution in [3.63, 3.8) is 0 Å². The number of rotatable bonds is 6. The van der Waals surface area contributed by atoms with E-state index in [2.05, 4.69) is 20.5 Å². The van der Waals surface area contributed by atoms with E-state index in [0.29, 0.717) is 11.3 Å². The van der Waals surface area contributed by atoms with Gasteiger partial charge in [0.2, 0.25) is 10.0 Å². The fourth-order valence-electron chi connectivity index (χ4n) is 3.81. The van der Waals surface area contributed by atoms with Crippen molar-refractivity contribution in [3.05, 3.63) is 67.1 Å². The molecule has 2 aromatic heterocycles. The van der Waals surface area contributed by atoms with Crippen LogP contribution in [0.1, 0.15) is 0 Å². The summed E-state index contributed by atoms with van der Waals surface area (Å²) in [6.07, 6.45) is 3.06. The van der Waals surface area contributed by atoms with Gasteiger partial charge >= 0.3 is 0 Å². The van der Waals surface area contributed by atoms with E-state index in [4.69, 9.17) is 4.74 Å². The van der Waals surface area contributed by atoms with Crippen LogP contribution in [0.25, 0.3) is 16.6 Å². The molecule has 11 nitrogen and oxygen atoms in total. The molecular weight excluding hydrogens is 458 g/mol. The standard InChI is InChI=1S/C22H21N7O4S/c30-21(15-33-19-8-6-18(7-9-19)29-16-24-25-26-29)27-11-13-28(14-12-27)34(31,32)20-5-1-3-17-4-2-10-23-22(17)20/h1-10,16H,11-15H2. The molecule has 1 aliphatic heterocycles. The summed E-state index contributed by atoms with van der Waals surface area (Å²) in [5, 5.41) is 11.8. The molecule has 1 amide bonds. The van der Waals surface area contributed by atoms with Gasteiger partial charge in [-0.3, -0.25) is 9.78 Å². The Kier molecular flexibility index (Phi) is 5.90. The summed E-state index contributed by atoms with van der Waals surface area (Å²) in [5.74, 6) is 0.336. The van der Waals surface area contributed by atoms with Gasteiger partial charge in [-0.2, -0.15) is 4.31 Å². The predicted molar refractivity (Wildman–Crippen MR) is 122 cm³/mol. The number of amides is 1. The van der Waals surface area contributed by atoms with Crippen LogP contribution < -0.4 is 4.74 Å². The molecule has 12 heteroatoms. The minimum atomic E-state index is -3.73. The van der Waals surface area contributed by atoms with Gasteiger partial charge in [0.05, 0.1) is 11.2 Å². The van der Waals surface area contributed by atoms with E-state index >= 15 is 0 Å². The molecular formula is C22H21N7O4S. The van der Waals surface area contributed by atoms with E-state index in [1.807, 2.05) is 12.1 Å². The van der Waals surface area contributed by atoms with Gasteiger partial charge < -0.3 is 9.64 Å². The number of para-hydroxylation sites is 1. The summed E-state index contributed by atoms with van der Waals surface area (Å²) in [6, 6.07) is 15.7. The molecule has 2 aromatic carbocycles. The van der Waals surface area contributed by atoms with Gasteiger partial charge in [-0.05, 0) is 46.8 Å². The van der Waals surface area contributed by atoms with Crippen molar-refractivity contribution < 1.29 is 17.9 Å². The van der Waals surface area contributed by atoms with Crippen LogP contribution in [0.3, 0.4) is 0 Å². The molecule has 3 heterocycles. The number of fused-ring (bicyclic) bond motifs is 1. The topological polar surface area (TPSA) is 123 Å². The highest BCUT2D eigenvalue weighted by Gasteiger charge is 2.31. The lowest BCUT2D eigenvalue weighted by Gasteiger charge is -2.34. The number of pyridine rings is 1. The van der Waals surface area contributed by atoms with Crippen LogP contribution in [0, 0.1) is 0 Å². The summed E-state index contributed by atoms with van der Waals surface area (Å²) in [6.45, 7) is 0.857. The van der Waals surface area contributed by atoms with E-state index in [1.54, 1.807) is 53.6 Å². The van der Waals surface area contributed by atoms with Crippen LogP contribution in [0.5, 0.6) is 5.75 Å². The van der Waals surface area contributed by atoms with Crippen LogP contribution in [-0.2, 0) is 14.8 Å². The number of piperazine rings is 1. The first-order chi connectivity index (χ1) is 16.5. The second-order valence-electron chi connectivity index (χ2n) is 7.65. The summed E-state index contributed by atoms with van der Waals surface area (Å²) in [4.78, 5) is 18.7. The first-order valence-corrected chi connectivity index (χ1v) is 12.0. The number of sulfonamides is 1. The average Bonchev–Trinajstić information content (AvgIpc) is 3.42. The molecule has 0 unspecified atom stereocenters. The zero-order chi connectivity index (χ0) is 23.5. The molecule has 0 aliphatic carbocycles. The fourth-order valence-corrected chi connectivity index (χ4v) is 5.40. The Hall–Kier alpha value is -3.90. The highest BCUT2D eigenvalue weighted by molar-refractivity contribution is 7.89. The number of tetrazole rings is 1. The second kappa shape index (κ2) is 9.15. The first kappa shape index (κ1) is 21.9. The van der Waals surface area contributed by atoms with E-state index < -0.39 is 10.0 Å². The lowest BCUT2D eigenvalue weighted by atomic mass is 10.2. The molecule has 1 fully saturated rings. The van der Waals surface area contributed by atoms with Gasteiger partial charge in [-0.1, -0.05) is 18.2 Å². The molecule has 0 radical (unpaired) electrons. The van der Waals surface area contributed by atoms with Crippen LogP contribution in [-0.4, -0.2) is 81.5 Å². The fraction of sp³-hybridized carbons (Fsp3) is 0.227. The van der Waals surface area contributed by atoms with E-state index in [1.165, 1.54) is 15.3 Å². The lowest BCUT2D eigenvalue weighted by Crippen LogP contribution is -2.51. The molecule has 1 aliphatic rings. The molecule has 34 heavy (non-hydrogen) atoms. The third-order valence-corrected chi connectivity index (χ3v) is 7.55. The molecule has 0 atom stereocenters. The largest absolute Gasteiger partial charge is 0.484 e. The molecule has 0 N–H and O–H groups in total. The zero-order valence-corrected chi connectivity index (χ0v) is 18.9. The molecule has 1 saturated heterocycles. The van der Waals surface area contributed by atoms with Crippen molar-refractivity contribution in [3.8, 4) is 11.4 Å². The van der Waals surface area contributed by atoms with Crippen molar-refractivity contribution in [2.24, 2.45) is 0 Å². The van der Waals surface area contributed by atoms with Crippen LogP contribution in [0.4, 0.5) is 0 Å². The molecule has 5 rings (SSSR count). The maximum atomic E-state index is 13.2. The highest BCUT2D eigenvalue weighted by atomic mass is 32.2. The highest BCUT2D eigenvalue weighted by Crippen LogP contribution is 2.25. The number of carbonyl (C=O) groups is 1. The minimum Gasteiger partial charge on any atom is -0.484 e.